The van der Waals surface area contributed by atoms with Crippen molar-refractivity contribution in [1.82, 2.24) is 9.97 Å². The Morgan fingerprint density at radius 1 is 1.06 bits per heavy atom. The van der Waals surface area contributed by atoms with Crippen LogP contribution in [0, 0.1) is 0 Å². The van der Waals surface area contributed by atoms with Crippen molar-refractivity contribution in [2.75, 3.05) is 6.26 Å². The first-order chi connectivity index (χ1) is 8.63. The average Bonchev–Trinajstić information content (AvgIpc) is 2.31. The van der Waals surface area contributed by atoms with Crippen LogP contribution in [0.4, 0.5) is 0 Å². The summed E-state index contributed by atoms with van der Waals surface area (Å²) in [4.78, 5) is 8.46. The maximum absolute atomic E-state index is 6.17. The number of halogens is 3. The zero-order valence-corrected chi connectivity index (χ0v) is 12.5. The average molecular weight is 320 g/mol. The summed E-state index contributed by atoms with van der Waals surface area (Å²) in [5, 5.41) is 1.22. The first-order valence-corrected chi connectivity index (χ1v) is 7.62. The molecule has 0 aliphatic rings. The molecule has 0 bridgehead atoms. The van der Waals surface area contributed by atoms with Gasteiger partial charge in [0.2, 0.25) is 0 Å². The van der Waals surface area contributed by atoms with E-state index in [9.17, 15) is 0 Å². The van der Waals surface area contributed by atoms with E-state index < -0.39 is 0 Å². The van der Waals surface area contributed by atoms with Crippen LogP contribution in [-0.2, 0) is 5.75 Å². The van der Waals surface area contributed by atoms with E-state index in [0.717, 1.165) is 5.56 Å². The molecule has 0 saturated carbocycles. The van der Waals surface area contributed by atoms with Gasteiger partial charge in [-0.1, -0.05) is 53.0 Å². The van der Waals surface area contributed by atoms with Crippen molar-refractivity contribution >= 4 is 46.6 Å². The standard InChI is InChI=1S/C12H9Cl3N2S/c1-18-6-9-16-11(14)10(12(15)17-9)7-4-2-3-5-8(7)13/h2-5H,6H2,1H3. The third-order valence-corrected chi connectivity index (χ3v) is 3.71. The highest BCUT2D eigenvalue weighted by atomic mass is 35.5. The molecule has 0 atom stereocenters. The fraction of sp³-hybridized carbons (Fsp3) is 0.167. The summed E-state index contributed by atoms with van der Waals surface area (Å²) in [7, 11) is 0. The quantitative estimate of drug-likeness (QED) is 0.747. The van der Waals surface area contributed by atoms with Crippen LogP contribution in [0.5, 0.6) is 0 Å². The fourth-order valence-electron chi connectivity index (χ4n) is 1.53. The van der Waals surface area contributed by atoms with E-state index in [1.165, 1.54) is 0 Å². The number of nitrogens with zero attached hydrogens (tertiary/aromatic N) is 2. The maximum Gasteiger partial charge on any atom is 0.142 e. The van der Waals surface area contributed by atoms with Crippen molar-refractivity contribution < 1.29 is 0 Å². The van der Waals surface area contributed by atoms with Gasteiger partial charge in [0.25, 0.3) is 0 Å². The predicted octanol–water partition coefficient (Wildman–Crippen LogP) is 4.97. The van der Waals surface area contributed by atoms with Crippen molar-refractivity contribution in [2.24, 2.45) is 0 Å². The third kappa shape index (κ3) is 2.91. The molecule has 0 aliphatic carbocycles. The monoisotopic (exact) mass is 318 g/mol. The van der Waals surface area contributed by atoms with Gasteiger partial charge in [-0.25, -0.2) is 9.97 Å². The van der Waals surface area contributed by atoms with Crippen LogP contribution in [0.1, 0.15) is 5.82 Å². The molecule has 0 amide bonds. The smallest absolute Gasteiger partial charge is 0.142 e. The largest absolute Gasteiger partial charge is 0.220 e. The zero-order chi connectivity index (χ0) is 13.1. The second-order valence-corrected chi connectivity index (χ2v) is 5.50. The summed E-state index contributed by atoms with van der Waals surface area (Å²) < 4.78 is 0. The van der Waals surface area contributed by atoms with E-state index in [2.05, 4.69) is 9.97 Å². The van der Waals surface area contributed by atoms with Crippen molar-refractivity contribution in [3.05, 3.63) is 45.4 Å². The van der Waals surface area contributed by atoms with Crippen LogP contribution >= 0.6 is 46.6 Å². The van der Waals surface area contributed by atoms with Gasteiger partial charge in [-0.05, 0) is 12.3 Å². The first-order valence-electron chi connectivity index (χ1n) is 5.09. The van der Waals surface area contributed by atoms with Crippen LogP contribution in [0.25, 0.3) is 11.1 Å². The number of rotatable bonds is 3. The number of hydrogen-bond donors (Lipinski definition) is 0. The number of hydrogen-bond acceptors (Lipinski definition) is 3. The third-order valence-electron chi connectivity index (χ3n) is 2.28. The highest BCUT2D eigenvalue weighted by molar-refractivity contribution is 7.97. The van der Waals surface area contributed by atoms with Crippen LogP contribution < -0.4 is 0 Å². The van der Waals surface area contributed by atoms with Gasteiger partial charge in [0.05, 0.1) is 11.3 Å². The van der Waals surface area contributed by atoms with Crippen molar-refractivity contribution in [1.29, 1.82) is 0 Å². The molecule has 0 N–H and O–H groups in total. The van der Waals surface area contributed by atoms with E-state index in [4.69, 9.17) is 34.8 Å². The Balaban J connectivity index is 2.56. The van der Waals surface area contributed by atoms with Crippen LogP contribution in [0.3, 0.4) is 0 Å². The molecule has 94 valence electrons. The zero-order valence-electron chi connectivity index (χ0n) is 9.45. The lowest BCUT2D eigenvalue weighted by Crippen LogP contribution is -1.97. The molecule has 1 aromatic heterocycles. The van der Waals surface area contributed by atoms with Crippen LogP contribution in [0.15, 0.2) is 24.3 Å². The lowest BCUT2D eigenvalue weighted by molar-refractivity contribution is 1.04. The molecule has 0 unspecified atom stereocenters. The lowest BCUT2D eigenvalue weighted by atomic mass is 10.1. The fourth-order valence-corrected chi connectivity index (χ4v) is 2.77. The molecule has 2 nitrogen and oxygen atoms in total. The maximum atomic E-state index is 6.17. The highest BCUT2D eigenvalue weighted by Crippen LogP contribution is 2.36. The summed E-state index contributed by atoms with van der Waals surface area (Å²) in [5.74, 6) is 1.29. The molecule has 0 aliphatic heterocycles. The second-order valence-electron chi connectivity index (χ2n) is 3.51. The minimum absolute atomic E-state index is 0.326. The molecule has 1 aromatic carbocycles. The molecule has 0 saturated heterocycles. The molecular formula is C12H9Cl3N2S. The van der Waals surface area contributed by atoms with Gasteiger partial charge < -0.3 is 0 Å². The van der Waals surface area contributed by atoms with E-state index in [1.54, 1.807) is 17.8 Å². The van der Waals surface area contributed by atoms with E-state index in [-0.39, 0.29) is 0 Å². The van der Waals surface area contributed by atoms with Gasteiger partial charge in [-0.15, -0.1) is 0 Å². The van der Waals surface area contributed by atoms with Crippen molar-refractivity contribution in [2.45, 2.75) is 5.75 Å². The topological polar surface area (TPSA) is 25.8 Å². The molecule has 0 radical (unpaired) electrons. The van der Waals surface area contributed by atoms with Gasteiger partial charge >= 0.3 is 0 Å². The van der Waals surface area contributed by atoms with Crippen LogP contribution in [0.2, 0.25) is 15.3 Å². The summed E-state index contributed by atoms with van der Waals surface area (Å²) in [5.41, 5.74) is 1.32. The number of benzene rings is 1. The summed E-state index contributed by atoms with van der Waals surface area (Å²) >= 11 is 20.1. The van der Waals surface area contributed by atoms with E-state index >= 15 is 0 Å². The molecule has 1 heterocycles. The minimum atomic E-state index is 0.326. The van der Waals surface area contributed by atoms with E-state index in [0.29, 0.717) is 32.5 Å². The lowest BCUT2D eigenvalue weighted by Gasteiger charge is -2.09. The SMILES string of the molecule is CSCc1nc(Cl)c(-c2ccccc2Cl)c(Cl)n1. The Morgan fingerprint density at radius 3 is 2.22 bits per heavy atom. The molecule has 0 spiro atoms. The first kappa shape index (κ1) is 13.9. The summed E-state index contributed by atoms with van der Waals surface area (Å²) in [6, 6.07) is 7.33. The Labute approximate surface area is 125 Å². The molecule has 2 aromatic rings. The van der Waals surface area contributed by atoms with Crippen molar-refractivity contribution in [3.8, 4) is 11.1 Å². The molecule has 18 heavy (non-hydrogen) atoms. The van der Waals surface area contributed by atoms with Gasteiger partial charge in [-0.3, -0.25) is 0 Å². The van der Waals surface area contributed by atoms with Gasteiger partial charge in [-0.2, -0.15) is 11.8 Å². The second kappa shape index (κ2) is 6.11. The minimum Gasteiger partial charge on any atom is -0.220 e. The molecule has 2 rings (SSSR count). The normalized spacial score (nSPS) is 10.7. The Kier molecular flexibility index (Phi) is 4.73. The Bertz CT molecular complexity index is 552. The number of aromatic nitrogens is 2. The van der Waals surface area contributed by atoms with Crippen molar-refractivity contribution in [3.63, 3.8) is 0 Å². The number of thioether (sulfide) groups is 1. The Morgan fingerprint density at radius 2 is 1.67 bits per heavy atom. The molecular weight excluding hydrogens is 311 g/mol. The molecule has 6 heteroatoms. The predicted molar refractivity (Wildman–Crippen MR) is 79.7 cm³/mol. The van der Waals surface area contributed by atoms with E-state index in [1.807, 2.05) is 24.5 Å². The Hall–Kier alpha value is -0.480. The summed E-state index contributed by atoms with van der Waals surface area (Å²) in [6.07, 6.45) is 1.97. The van der Waals surface area contributed by atoms with Gasteiger partial charge in [0, 0.05) is 10.6 Å². The molecule has 0 fully saturated rings. The van der Waals surface area contributed by atoms with Gasteiger partial charge in [0.15, 0.2) is 0 Å². The summed E-state index contributed by atoms with van der Waals surface area (Å²) in [6.45, 7) is 0. The highest BCUT2D eigenvalue weighted by Gasteiger charge is 2.15. The van der Waals surface area contributed by atoms with Crippen LogP contribution in [-0.4, -0.2) is 16.2 Å². The van der Waals surface area contributed by atoms with Gasteiger partial charge in [0.1, 0.15) is 16.1 Å².